The molecule has 1 fully saturated rings. The first-order valence-electron chi connectivity index (χ1n) is 7.12. The number of piperidine rings is 1. The van der Waals surface area contributed by atoms with Crippen LogP contribution in [0.4, 0.5) is 4.79 Å². The van der Waals surface area contributed by atoms with Crippen LogP contribution in [0.1, 0.15) is 24.6 Å². The molecule has 22 heavy (non-hydrogen) atoms. The molecule has 3 heterocycles. The first-order valence-corrected chi connectivity index (χ1v) is 7.12. The summed E-state index contributed by atoms with van der Waals surface area (Å²) >= 11 is 0. The average molecular weight is 303 g/mol. The SMILES string of the molecule is COC(=O)N1CCC(c2nn(-c3ccccn3)c(=O)[nH]2)CC1. The Hall–Kier alpha value is -2.64. The molecule has 0 radical (unpaired) electrons. The van der Waals surface area contributed by atoms with E-state index < -0.39 is 0 Å². The van der Waals surface area contributed by atoms with Gasteiger partial charge in [-0.25, -0.2) is 14.6 Å². The molecule has 2 aromatic rings. The molecule has 1 aliphatic heterocycles. The van der Waals surface area contributed by atoms with Crippen LogP contribution in [-0.4, -0.2) is 50.9 Å². The molecule has 8 nitrogen and oxygen atoms in total. The van der Waals surface area contributed by atoms with Gasteiger partial charge in [-0.05, 0) is 25.0 Å². The van der Waals surface area contributed by atoms with E-state index in [2.05, 4.69) is 15.1 Å². The van der Waals surface area contributed by atoms with Crippen LogP contribution in [0.3, 0.4) is 0 Å². The van der Waals surface area contributed by atoms with Crippen LogP contribution in [0.5, 0.6) is 0 Å². The van der Waals surface area contributed by atoms with Gasteiger partial charge in [-0.2, -0.15) is 4.68 Å². The van der Waals surface area contributed by atoms with Gasteiger partial charge in [0, 0.05) is 25.2 Å². The molecule has 1 N–H and O–H groups in total. The molecule has 3 rings (SSSR count). The molecule has 116 valence electrons. The topological polar surface area (TPSA) is 93.1 Å². The van der Waals surface area contributed by atoms with Gasteiger partial charge in [0.2, 0.25) is 0 Å². The molecule has 8 heteroatoms. The number of H-pyrrole nitrogens is 1. The summed E-state index contributed by atoms with van der Waals surface area (Å²) in [6.45, 7) is 1.19. The lowest BCUT2D eigenvalue weighted by molar-refractivity contribution is 0.111. The normalized spacial score (nSPS) is 15.8. The third-order valence-electron chi connectivity index (χ3n) is 3.82. The highest BCUT2D eigenvalue weighted by molar-refractivity contribution is 5.67. The Morgan fingerprint density at radius 2 is 2.14 bits per heavy atom. The van der Waals surface area contributed by atoms with E-state index >= 15 is 0 Å². The number of rotatable bonds is 2. The highest BCUT2D eigenvalue weighted by Crippen LogP contribution is 2.25. The maximum atomic E-state index is 12.0. The molecule has 0 bridgehead atoms. The van der Waals surface area contributed by atoms with Crippen molar-refractivity contribution in [1.82, 2.24) is 24.6 Å². The number of methoxy groups -OCH3 is 1. The summed E-state index contributed by atoms with van der Waals surface area (Å²) in [6, 6.07) is 5.31. The highest BCUT2D eigenvalue weighted by atomic mass is 16.5. The maximum absolute atomic E-state index is 12.0. The molecule has 0 saturated carbocycles. The van der Waals surface area contributed by atoms with Crippen LogP contribution in [0.25, 0.3) is 5.82 Å². The number of carbonyl (C=O) groups is 1. The number of ether oxygens (including phenoxy) is 1. The van der Waals surface area contributed by atoms with Crippen LogP contribution in [0, 0.1) is 0 Å². The minimum atomic E-state index is -0.314. The minimum Gasteiger partial charge on any atom is -0.453 e. The fourth-order valence-corrected chi connectivity index (χ4v) is 2.62. The van der Waals surface area contributed by atoms with Gasteiger partial charge in [0.15, 0.2) is 5.82 Å². The van der Waals surface area contributed by atoms with E-state index in [-0.39, 0.29) is 17.7 Å². The highest BCUT2D eigenvalue weighted by Gasteiger charge is 2.26. The molecule has 1 amide bonds. The van der Waals surface area contributed by atoms with Gasteiger partial charge in [-0.3, -0.25) is 4.98 Å². The lowest BCUT2D eigenvalue weighted by atomic mass is 9.96. The van der Waals surface area contributed by atoms with Crippen molar-refractivity contribution in [2.45, 2.75) is 18.8 Å². The number of hydrogen-bond donors (Lipinski definition) is 1. The van der Waals surface area contributed by atoms with E-state index in [0.717, 1.165) is 12.8 Å². The fourth-order valence-electron chi connectivity index (χ4n) is 2.62. The predicted molar refractivity (Wildman–Crippen MR) is 77.9 cm³/mol. The molecule has 0 spiro atoms. The zero-order valence-electron chi connectivity index (χ0n) is 12.2. The van der Waals surface area contributed by atoms with E-state index in [4.69, 9.17) is 4.74 Å². The molecule has 0 unspecified atom stereocenters. The second kappa shape index (κ2) is 6.00. The third kappa shape index (κ3) is 2.72. The Labute approximate surface area is 126 Å². The summed E-state index contributed by atoms with van der Waals surface area (Å²) in [4.78, 5) is 32.1. The van der Waals surface area contributed by atoms with Crippen molar-refractivity contribution in [3.8, 4) is 5.82 Å². The number of likely N-dealkylation sites (tertiary alicyclic amines) is 1. The standard InChI is InChI=1S/C14H17N5O3/c1-22-14(21)18-8-5-10(6-9-18)12-16-13(20)19(17-12)11-4-2-3-7-15-11/h2-4,7,10H,5-6,8-9H2,1H3,(H,16,17,20). The molecule has 0 aliphatic carbocycles. The number of hydrogen-bond acceptors (Lipinski definition) is 5. The van der Waals surface area contributed by atoms with Crippen molar-refractivity contribution < 1.29 is 9.53 Å². The summed E-state index contributed by atoms with van der Waals surface area (Å²) in [6.07, 6.45) is 2.78. The molecule has 1 saturated heterocycles. The lowest BCUT2D eigenvalue weighted by Crippen LogP contribution is -2.38. The van der Waals surface area contributed by atoms with Crippen molar-refractivity contribution in [2.75, 3.05) is 20.2 Å². The van der Waals surface area contributed by atoms with E-state index in [1.165, 1.54) is 11.8 Å². The van der Waals surface area contributed by atoms with Crippen molar-refractivity contribution in [3.05, 3.63) is 40.7 Å². The zero-order chi connectivity index (χ0) is 15.5. The quantitative estimate of drug-likeness (QED) is 0.889. The van der Waals surface area contributed by atoms with E-state index in [1.807, 2.05) is 0 Å². The van der Waals surface area contributed by atoms with Crippen molar-refractivity contribution in [3.63, 3.8) is 0 Å². The second-order valence-electron chi connectivity index (χ2n) is 5.15. The van der Waals surface area contributed by atoms with Gasteiger partial charge in [-0.15, -0.1) is 5.10 Å². The average Bonchev–Trinajstić information content (AvgIpc) is 2.97. The Kier molecular flexibility index (Phi) is 3.90. The second-order valence-corrected chi connectivity index (χ2v) is 5.15. The monoisotopic (exact) mass is 303 g/mol. The van der Waals surface area contributed by atoms with Crippen LogP contribution < -0.4 is 5.69 Å². The van der Waals surface area contributed by atoms with Gasteiger partial charge in [0.1, 0.15) is 5.82 Å². The molecule has 2 aromatic heterocycles. The Morgan fingerprint density at radius 1 is 1.36 bits per heavy atom. The summed E-state index contributed by atoms with van der Waals surface area (Å²) in [7, 11) is 1.38. The number of carbonyl (C=O) groups excluding carboxylic acids is 1. The minimum absolute atomic E-state index is 0.124. The fraction of sp³-hybridized carbons (Fsp3) is 0.429. The number of amides is 1. The van der Waals surface area contributed by atoms with E-state index in [0.29, 0.717) is 24.7 Å². The third-order valence-corrected chi connectivity index (χ3v) is 3.82. The van der Waals surface area contributed by atoms with Gasteiger partial charge in [-0.1, -0.05) is 6.07 Å². The van der Waals surface area contributed by atoms with Crippen molar-refractivity contribution >= 4 is 6.09 Å². The molecular formula is C14H17N5O3. The molecule has 1 aliphatic rings. The predicted octanol–water partition coefficient (Wildman–Crippen LogP) is 0.901. The summed E-state index contributed by atoms with van der Waals surface area (Å²) in [5.74, 6) is 1.25. The van der Waals surface area contributed by atoms with Crippen LogP contribution in [0.2, 0.25) is 0 Å². The number of pyridine rings is 1. The molecule has 0 aromatic carbocycles. The summed E-state index contributed by atoms with van der Waals surface area (Å²) < 4.78 is 5.98. The molecular weight excluding hydrogens is 286 g/mol. The smallest absolute Gasteiger partial charge is 0.409 e. The number of nitrogens with zero attached hydrogens (tertiary/aromatic N) is 4. The Balaban J connectivity index is 1.75. The first kappa shape index (κ1) is 14.3. The first-order chi connectivity index (χ1) is 10.7. The number of aromatic nitrogens is 4. The van der Waals surface area contributed by atoms with Gasteiger partial charge in [0.05, 0.1) is 7.11 Å². The Bertz CT molecular complexity index is 701. The number of aromatic amines is 1. The lowest BCUT2D eigenvalue weighted by Gasteiger charge is -2.29. The van der Waals surface area contributed by atoms with Gasteiger partial charge >= 0.3 is 11.8 Å². The number of nitrogens with one attached hydrogen (secondary N) is 1. The summed E-state index contributed by atoms with van der Waals surface area (Å²) in [5.41, 5.74) is -0.302. The summed E-state index contributed by atoms with van der Waals surface area (Å²) in [5, 5.41) is 4.35. The molecule has 0 atom stereocenters. The zero-order valence-corrected chi connectivity index (χ0v) is 12.2. The largest absolute Gasteiger partial charge is 0.453 e. The van der Waals surface area contributed by atoms with E-state index in [1.54, 1.807) is 29.3 Å². The van der Waals surface area contributed by atoms with E-state index in [9.17, 15) is 9.59 Å². The van der Waals surface area contributed by atoms with Crippen LogP contribution in [-0.2, 0) is 4.74 Å². The van der Waals surface area contributed by atoms with Crippen molar-refractivity contribution in [1.29, 1.82) is 0 Å². The maximum Gasteiger partial charge on any atom is 0.409 e. The Morgan fingerprint density at radius 3 is 2.77 bits per heavy atom. The van der Waals surface area contributed by atoms with Gasteiger partial charge in [0.25, 0.3) is 0 Å². The van der Waals surface area contributed by atoms with Crippen molar-refractivity contribution in [2.24, 2.45) is 0 Å². The van der Waals surface area contributed by atoms with Crippen LogP contribution in [0.15, 0.2) is 29.2 Å². The van der Waals surface area contributed by atoms with Gasteiger partial charge < -0.3 is 9.64 Å². The van der Waals surface area contributed by atoms with Crippen LogP contribution >= 0.6 is 0 Å².